The Kier molecular flexibility index (Phi) is 5.38. The summed E-state index contributed by atoms with van der Waals surface area (Å²) < 4.78 is 6.33. The van der Waals surface area contributed by atoms with Crippen molar-refractivity contribution in [2.24, 2.45) is 11.8 Å². The Morgan fingerprint density at radius 3 is 2.52 bits per heavy atom. The molecule has 172 valence electrons. The minimum absolute atomic E-state index is 0.0343. The van der Waals surface area contributed by atoms with Crippen LogP contribution in [-0.4, -0.2) is 16.2 Å². The summed E-state index contributed by atoms with van der Waals surface area (Å²) in [5, 5.41) is 18.7. The van der Waals surface area contributed by atoms with Gasteiger partial charge in [0, 0.05) is 33.3 Å². The minimum Gasteiger partial charge on any atom is -0.488 e. The lowest BCUT2D eigenvalue weighted by molar-refractivity contribution is -0.142. The maximum absolute atomic E-state index is 11.2. The van der Waals surface area contributed by atoms with Gasteiger partial charge in [-0.1, -0.05) is 59.6 Å². The van der Waals surface area contributed by atoms with Crippen molar-refractivity contribution in [3.63, 3.8) is 0 Å². The summed E-state index contributed by atoms with van der Waals surface area (Å²) in [4.78, 5) is 0. The maximum Gasteiger partial charge on any atom is 0.124 e. The van der Waals surface area contributed by atoms with E-state index >= 15 is 0 Å². The van der Waals surface area contributed by atoms with Gasteiger partial charge in [-0.3, -0.25) is 0 Å². The van der Waals surface area contributed by atoms with Gasteiger partial charge >= 0.3 is 0 Å². The molecule has 2 unspecified atom stereocenters. The summed E-state index contributed by atoms with van der Waals surface area (Å²) in [6.07, 6.45) is 6.47. The van der Waals surface area contributed by atoms with Crippen molar-refractivity contribution in [3.8, 4) is 5.75 Å². The molecule has 4 aliphatic rings. The van der Waals surface area contributed by atoms with Gasteiger partial charge < -0.3 is 15.2 Å². The highest BCUT2D eigenvalue weighted by molar-refractivity contribution is 6.35. The second-order valence-corrected chi connectivity index (χ2v) is 11.5. The zero-order chi connectivity index (χ0) is 22.6. The van der Waals surface area contributed by atoms with Gasteiger partial charge in [0.25, 0.3) is 0 Å². The van der Waals surface area contributed by atoms with Crippen LogP contribution in [0, 0.1) is 11.8 Å². The van der Waals surface area contributed by atoms with Crippen LogP contribution in [0.4, 0.5) is 0 Å². The zero-order valence-corrected chi connectivity index (χ0v) is 20.1. The van der Waals surface area contributed by atoms with Crippen LogP contribution in [0.5, 0.6) is 5.75 Å². The van der Waals surface area contributed by atoms with Crippen LogP contribution in [-0.2, 0) is 13.2 Å². The number of fused-ring (bicyclic) bond motifs is 1. The van der Waals surface area contributed by atoms with Crippen LogP contribution in [0.3, 0.4) is 0 Å². The van der Waals surface area contributed by atoms with E-state index in [9.17, 15) is 5.11 Å². The van der Waals surface area contributed by atoms with E-state index in [-0.39, 0.29) is 5.54 Å². The average molecular weight is 482 g/mol. The summed E-state index contributed by atoms with van der Waals surface area (Å²) in [7, 11) is 0. The number of benzene rings is 3. The van der Waals surface area contributed by atoms with Gasteiger partial charge in [-0.2, -0.15) is 0 Å². The van der Waals surface area contributed by atoms with Crippen LogP contribution in [0.1, 0.15) is 49.7 Å². The Hall–Kier alpha value is -1.78. The second-order valence-electron chi connectivity index (χ2n) is 10.6. The Balaban J connectivity index is 1.28. The van der Waals surface area contributed by atoms with E-state index in [0.29, 0.717) is 28.5 Å². The number of hydrogen-bond donors (Lipinski definition) is 2. The smallest absolute Gasteiger partial charge is 0.124 e. The van der Waals surface area contributed by atoms with E-state index in [4.69, 9.17) is 27.9 Å². The third kappa shape index (κ3) is 4.14. The van der Waals surface area contributed by atoms with E-state index in [1.54, 1.807) is 6.07 Å². The molecule has 0 spiro atoms. The van der Waals surface area contributed by atoms with E-state index in [1.165, 1.54) is 35.6 Å². The summed E-state index contributed by atoms with van der Waals surface area (Å²) >= 11 is 12.4. The van der Waals surface area contributed by atoms with Crippen molar-refractivity contribution in [2.45, 2.75) is 62.8 Å². The molecule has 0 aromatic heterocycles. The summed E-state index contributed by atoms with van der Waals surface area (Å²) in [5.41, 5.74) is 1.64. The fraction of sp³-hybridized carbons (Fsp3) is 0.429. The molecule has 5 heteroatoms. The second kappa shape index (κ2) is 8.16. The average Bonchev–Trinajstić information content (AvgIpc) is 2.75. The van der Waals surface area contributed by atoms with Gasteiger partial charge in [-0.15, -0.1) is 0 Å². The minimum atomic E-state index is -0.472. The van der Waals surface area contributed by atoms with Gasteiger partial charge in [0.05, 0.1) is 5.60 Å². The van der Waals surface area contributed by atoms with Gasteiger partial charge in [0.1, 0.15) is 12.4 Å². The molecule has 4 saturated carbocycles. The van der Waals surface area contributed by atoms with Crippen LogP contribution < -0.4 is 10.1 Å². The summed E-state index contributed by atoms with van der Waals surface area (Å²) in [6, 6.07) is 18.2. The Bertz CT molecular complexity index is 1200. The Morgan fingerprint density at radius 2 is 1.76 bits per heavy atom. The largest absolute Gasteiger partial charge is 0.488 e. The summed E-state index contributed by atoms with van der Waals surface area (Å²) in [6.45, 7) is 1.11. The maximum atomic E-state index is 11.2. The fourth-order valence-corrected chi connectivity index (χ4v) is 7.59. The van der Waals surface area contributed by atoms with Gasteiger partial charge in [-0.05, 0) is 79.3 Å². The lowest BCUT2D eigenvalue weighted by Crippen LogP contribution is -2.64. The third-order valence-corrected chi connectivity index (χ3v) is 8.65. The van der Waals surface area contributed by atoms with Crippen LogP contribution in [0.25, 0.3) is 10.8 Å². The number of rotatable bonds is 6. The van der Waals surface area contributed by atoms with Gasteiger partial charge in [-0.25, -0.2) is 0 Å². The molecule has 0 heterocycles. The molecule has 3 aromatic rings. The van der Waals surface area contributed by atoms with E-state index in [0.717, 1.165) is 37.1 Å². The molecule has 0 aliphatic heterocycles. The van der Waals surface area contributed by atoms with Gasteiger partial charge in [0.2, 0.25) is 0 Å². The molecule has 0 amide bonds. The highest BCUT2D eigenvalue weighted by atomic mass is 35.5. The molecule has 4 aliphatic carbocycles. The quantitative estimate of drug-likeness (QED) is 0.402. The van der Waals surface area contributed by atoms with Gasteiger partial charge in [0.15, 0.2) is 0 Å². The van der Waals surface area contributed by atoms with Crippen LogP contribution >= 0.6 is 23.2 Å². The molecule has 7 rings (SSSR count). The molecular formula is C28H29Cl2NO2. The first-order valence-electron chi connectivity index (χ1n) is 12.0. The Labute approximate surface area is 205 Å². The predicted octanol–water partition coefficient (Wildman–Crippen LogP) is 6.90. The molecule has 4 bridgehead atoms. The molecule has 0 saturated heterocycles. The molecule has 3 aromatic carbocycles. The molecule has 33 heavy (non-hydrogen) atoms. The van der Waals surface area contributed by atoms with Crippen molar-refractivity contribution in [1.82, 2.24) is 5.32 Å². The van der Waals surface area contributed by atoms with Crippen LogP contribution in [0.2, 0.25) is 10.0 Å². The molecule has 3 nitrogen and oxygen atoms in total. The number of ether oxygens (including phenoxy) is 1. The first-order valence-corrected chi connectivity index (χ1v) is 12.7. The zero-order valence-electron chi connectivity index (χ0n) is 18.6. The van der Waals surface area contributed by atoms with E-state index in [2.05, 4.69) is 41.7 Å². The molecule has 2 atom stereocenters. The first-order chi connectivity index (χ1) is 15.9. The van der Waals surface area contributed by atoms with Crippen LogP contribution in [0.15, 0.2) is 54.6 Å². The van der Waals surface area contributed by atoms with E-state index < -0.39 is 5.60 Å². The lowest BCUT2D eigenvalue weighted by Gasteiger charge is -2.60. The number of nitrogens with one attached hydrogen (secondary N) is 1. The molecule has 2 N–H and O–H groups in total. The topological polar surface area (TPSA) is 41.5 Å². The van der Waals surface area contributed by atoms with Crippen molar-refractivity contribution in [1.29, 1.82) is 0 Å². The molecular weight excluding hydrogens is 453 g/mol. The first kappa shape index (κ1) is 21.7. The fourth-order valence-electron chi connectivity index (χ4n) is 7.12. The molecule has 0 radical (unpaired) electrons. The highest BCUT2D eigenvalue weighted by Crippen LogP contribution is 2.57. The number of halogens is 2. The third-order valence-electron chi connectivity index (χ3n) is 8.07. The van der Waals surface area contributed by atoms with Crippen molar-refractivity contribution >= 4 is 34.0 Å². The molecule has 4 fully saturated rings. The predicted molar refractivity (Wildman–Crippen MR) is 134 cm³/mol. The van der Waals surface area contributed by atoms with Crippen molar-refractivity contribution in [3.05, 3.63) is 75.8 Å². The number of aliphatic hydroxyl groups is 1. The highest BCUT2D eigenvalue weighted by Gasteiger charge is 2.56. The van der Waals surface area contributed by atoms with Crippen molar-refractivity contribution < 1.29 is 9.84 Å². The monoisotopic (exact) mass is 481 g/mol. The SMILES string of the molecule is OC12CC3CC(C1)CC(NCc1c(OCc4ccc(Cl)cc4Cl)ccc4ccccc14)(C3)C2. The summed E-state index contributed by atoms with van der Waals surface area (Å²) in [5.74, 6) is 2.17. The standard InChI is InChI=1S/C28H29Cl2NO2/c29-22-7-5-21(25(30)10-22)16-33-26-8-6-20-3-1-2-4-23(20)24(26)15-31-27-11-18-9-19(12-27)14-28(32,13-18)17-27/h1-8,10,18-19,31-32H,9,11-17H2. The number of hydrogen-bond acceptors (Lipinski definition) is 3. The lowest BCUT2D eigenvalue weighted by atomic mass is 9.51. The normalized spacial score (nSPS) is 30.2. The van der Waals surface area contributed by atoms with Crippen molar-refractivity contribution in [2.75, 3.05) is 0 Å². The van der Waals surface area contributed by atoms with E-state index in [1.807, 2.05) is 12.1 Å². The Morgan fingerprint density at radius 1 is 0.970 bits per heavy atom.